The molecule has 4 amide bonds. The van der Waals surface area contributed by atoms with E-state index in [0.29, 0.717) is 31.9 Å². The van der Waals surface area contributed by atoms with Crippen LogP contribution in [-0.2, 0) is 14.4 Å². The van der Waals surface area contributed by atoms with Gasteiger partial charge in [-0.25, -0.2) is 0 Å². The SMILES string of the molecule is Cc1cccc2cc(C(=O)N3CCC4(CCCN(C(=O)CN5C(=O)CCC5=O)C4)CC3)[nH]c12. The van der Waals surface area contributed by atoms with Gasteiger partial charge in [-0.2, -0.15) is 0 Å². The van der Waals surface area contributed by atoms with E-state index in [-0.39, 0.29) is 48.4 Å². The van der Waals surface area contributed by atoms with Crippen LogP contribution >= 0.6 is 0 Å². The lowest BCUT2D eigenvalue weighted by atomic mass is 9.72. The number of para-hydroxylation sites is 1. The molecule has 8 nitrogen and oxygen atoms in total. The summed E-state index contributed by atoms with van der Waals surface area (Å²) in [7, 11) is 0. The smallest absolute Gasteiger partial charge is 0.270 e. The van der Waals surface area contributed by atoms with Gasteiger partial charge in [-0.05, 0) is 49.7 Å². The van der Waals surface area contributed by atoms with Gasteiger partial charge in [-0.3, -0.25) is 24.1 Å². The third-order valence-corrected chi connectivity index (χ3v) is 7.67. The molecule has 0 bridgehead atoms. The summed E-state index contributed by atoms with van der Waals surface area (Å²) in [5, 5.41) is 1.04. The number of imide groups is 1. The van der Waals surface area contributed by atoms with Crippen LogP contribution in [0.1, 0.15) is 54.6 Å². The Morgan fingerprint density at radius 1 is 1.00 bits per heavy atom. The highest BCUT2D eigenvalue weighted by Crippen LogP contribution is 2.40. The Morgan fingerprint density at radius 3 is 2.42 bits per heavy atom. The second-order valence-corrected chi connectivity index (χ2v) is 9.81. The van der Waals surface area contributed by atoms with Crippen molar-refractivity contribution in [2.75, 3.05) is 32.7 Å². The van der Waals surface area contributed by atoms with Gasteiger partial charge in [-0.15, -0.1) is 0 Å². The Kier molecular flexibility index (Phi) is 5.46. The van der Waals surface area contributed by atoms with Crippen LogP contribution in [-0.4, -0.2) is 76.0 Å². The maximum atomic E-state index is 13.1. The van der Waals surface area contributed by atoms with Gasteiger partial charge < -0.3 is 14.8 Å². The number of piperidine rings is 2. The van der Waals surface area contributed by atoms with Gasteiger partial charge in [-0.1, -0.05) is 18.2 Å². The van der Waals surface area contributed by atoms with Crippen molar-refractivity contribution in [3.8, 4) is 0 Å². The summed E-state index contributed by atoms with van der Waals surface area (Å²) >= 11 is 0. The number of nitrogens with one attached hydrogen (secondary N) is 1. The van der Waals surface area contributed by atoms with E-state index in [1.165, 1.54) is 0 Å². The first-order valence-corrected chi connectivity index (χ1v) is 11.8. The van der Waals surface area contributed by atoms with Crippen LogP contribution in [0.4, 0.5) is 0 Å². The second kappa shape index (κ2) is 8.32. The molecule has 0 aliphatic carbocycles. The number of fused-ring (bicyclic) bond motifs is 1. The minimum atomic E-state index is -0.251. The van der Waals surface area contributed by atoms with Crippen molar-refractivity contribution in [1.82, 2.24) is 19.7 Å². The van der Waals surface area contributed by atoms with E-state index in [4.69, 9.17) is 0 Å². The first kappa shape index (κ1) is 21.7. The number of aromatic amines is 1. The summed E-state index contributed by atoms with van der Waals surface area (Å²) in [6.45, 7) is 4.52. The Morgan fingerprint density at radius 2 is 1.73 bits per heavy atom. The molecular weight excluding hydrogens is 420 g/mol. The number of likely N-dealkylation sites (tertiary alicyclic amines) is 3. The lowest BCUT2D eigenvalue weighted by Crippen LogP contribution is -2.53. The van der Waals surface area contributed by atoms with Crippen LogP contribution in [0.25, 0.3) is 10.9 Å². The van der Waals surface area contributed by atoms with E-state index >= 15 is 0 Å². The maximum Gasteiger partial charge on any atom is 0.270 e. The normalized spacial score (nSPS) is 20.8. The number of amides is 4. The summed E-state index contributed by atoms with van der Waals surface area (Å²) in [6.07, 6.45) is 4.05. The van der Waals surface area contributed by atoms with Gasteiger partial charge >= 0.3 is 0 Å². The van der Waals surface area contributed by atoms with E-state index in [2.05, 4.69) is 4.98 Å². The van der Waals surface area contributed by atoms with E-state index in [9.17, 15) is 19.2 Å². The zero-order chi connectivity index (χ0) is 23.2. The molecule has 1 N–H and O–H groups in total. The molecule has 174 valence electrons. The van der Waals surface area contributed by atoms with E-state index < -0.39 is 0 Å². The Balaban J connectivity index is 1.21. The molecule has 0 saturated carbocycles. The first-order chi connectivity index (χ1) is 15.8. The second-order valence-electron chi connectivity index (χ2n) is 9.81. The largest absolute Gasteiger partial charge is 0.350 e. The van der Waals surface area contributed by atoms with Crippen molar-refractivity contribution in [3.05, 3.63) is 35.5 Å². The van der Waals surface area contributed by atoms with Gasteiger partial charge in [0.15, 0.2) is 0 Å². The lowest BCUT2D eigenvalue weighted by Gasteiger charge is -2.47. The van der Waals surface area contributed by atoms with E-state index in [0.717, 1.165) is 47.0 Å². The summed E-state index contributed by atoms with van der Waals surface area (Å²) < 4.78 is 0. The minimum Gasteiger partial charge on any atom is -0.350 e. The number of rotatable bonds is 3. The number of hydrogen-bond donors (Lipinski definition) is 1. The van der Waals surface area contributed by atoms with Crippen LogP contribution < -0.4 is 0 Å². The zero-order valence-electron chi connectivity index (χ0n) is 19.1. The van der Waals surface area contributed by atoms with Crippen LogP contribution in [0, 0.1) is 12.3 Å². The van der Waals surface area contributed by atoms with E-state index in [1.54, 1.807) is 0 Å². The van der Waals surface area contributed by atoms with Crippen LogP contribution in [0.15, 0.2) is 24.3 Å². The number of hydrogen-bond acceptors (Lipinski definition) is 4. The molecule has 3 saturated heterocycles. The zero-order valence-corrected chi connectivity index (χ0v) is 19.1. The van der Waals surface area contributed by atoms with Crippen molar-refractivity contribution in [3.63, 3.8) is 0 Å². The Labute approximate surface area is 192 Å². The third kappa shape index (κ3) is 4.03. The van der Waals surface area contributed by atoms with Crippen LogP contribution in [0.5, 0.6) is 0 Å². The average Bonchev–Trinajstić information content (AvgIpc) is 3.39. The highest BCUT2D eigenvalue weighted by molar-refractivity contribution is 6.04. The first-order valence-electron chi connectivity index (χ1n) is 11.8. The molecule has 2 aromatic rings. The van der Waals surface area contributed by atoms with Crippen LogP contribution in [0.2, 0.25) is 0 Å². The molecule has 33 heavy (non-hydrogen) atoms. The van der Waals surface area contributed by atoms with Crippen LogP contribution in [0.3, 0.4) is 0 Å². The van der Waals surface area contributed by atoms with Crippen molar-refractivity contribution in [1.29, 1.82) is 0 Å². The predicted octanol–water partition coefficient (Wildman–Crippen LogP) is 2.47. The number of benzene rings is 1. The van der Waals surface area contributed by atoms with Gasteiger partial charge in [0.1, 0.15) is 12.2 Å². The summed E-state index contributed by atoms with van der Waals surface area (Å²) in [4.78, 5) is 57.9. The maximum absolute atomic E-state index is 13.1. The standard InChI is InChI=1S/C25H30N4O4/c1-17-4-2-5-18-14-19(26-23(17)18)24(33)27-12-9-25(10-13-27)8-3-11-28(16-25)22(32)15-29-20(30)6-7-21(29)31/h2,4-5,14,26H,3,6-13,15-16H2,1H3. The fourth-order valence-electron chi connectivity index (χ4n) is 5.64. The predicted molar refractivity (Wildman–Crippen MR) is 122 cm³/mol. The van der Waals surface area contributed by atoms with Gasteiger partial charge in [0.05, 0.1) is 0 Å². The summed E-state index contributed by atoms with van der Waals surface area (Å²) in [6, 6.07) is 7.97. The molecule has 5 rings (SSSR count). The number of aryl methyl sites for hydroxylation is 1. The topological polar surface area (TPSA) is 93.8 Å². The number of H-pyrrole nitrogens is 1. The fourth-order valence-corrected chi connectivity index (χ4v) is 5.64. The number of nitrogens with zero attached hydrogens (tertiary/aromatic N) is 3. The van der Waals surface area contributed by atoms with Crippen molar-refractivity contribution < 1.29 is 19.2 Å². The molecule has 0 radical (unpaired) electrons. The minimum absolute atomic E-state index is 0.000748. The van der Waals surface area contributed by atoms with Crippen molar-refractivity contribution in [2.45, 2.75) is 45.4 Å². The van der Waals surface area contributed by atoms with Crippen molar-refractivity contribution in [2.24, 2.45) is 5.41 Å². The molecule has 1 spiro atoms. The molecule has 4 heterocycles. The van der Waals surface area contributed by atoms with Gasteiger partial charge in [0.25, 0.3) is 5.91 Å². The van der Waals surface area contributed by atoms with Crippen molar-refractivity contribution >= 4 is 34.5 Å². The Bertz CT molecular complexity index is 1110. The van der Waals surface area contributed by atoms with E-state index in [1.807, 2.05) is 41.0 Å². The molecule has 1 aromatic heterocycles. The molecule has 0 unspecified atom stereocenters. The molecule has 0 atom stereocenters. The summed E-state index contributed by atoms with van der Waals surface area (Å²) in [5.74, 6) is -0.627. The average molecular weight is 451 g/mol. The number of carbonyl (C=O) groups is 4. The molecule has 3 aliphatic heterocycles. The van der Waals surface area contributed by atoms with Gasteiger partial charge in [0.2, 0.25) is 17.7 Å². The Hall–Kier alpha value is -3.16. The lowest BCUT2D eigenvalue weighted by molar-refractivity contribution is -0.147. The molecule has 3 aliphatic rings. The number of carbonyl (C=O) groups excluding carboxylic acids is 4. The number of aromatic nitrogens is 1. The summed E-state index contributed by atoms with van der Waals surface area (Å²) in [5.41, 5.74) is 2.75. The highest BCUT2D eigenvalue weighted by atomic mass is 16.2. The monoisotopic (exact) mass is 450 g/mol. The quantitative estimate of drug-likeness (QED) is 0.727. The molecule has 1 aromatic carbocycles. The molecule has 3 fully saturated rings. The molecular formula is C25H30N4O4. The fraction of sp³-hybridized carbons (Fsp3) is 0.520. The highest BCUT2D eigenvalue weighted by Gasteiger charge is 2.41. The van der Waals surface area contributed by atoms with Gasteiger partial charge in [0, 0.05) is 49.9 Å². The molecule has 8 heteroatoms. The third-order valence-electron chi connectivity index (χ3n) is 7.67.